The van der Waals surface area contributed by atoms with Gasteiger partial charge in [0.05, 0.1) is 0 Å². The molecule has 1 unspecified atom stereocenters. The van der Waals surface area contributed by atoms with Crippen molar-refractivity contribution in [3.8, 4) is 0 Å². The third kappa shape index (κ3) is 1.84. The molecule has 0 spiro atoms. The van der Waals surface area contributed by atoms with Gasteiger partial charge < -0.3 is 4.90 Å². The van der Waals surface area contributed by atoms with E-state index in [-0.39, 0.29) is 5.91 Å². The summed E-state index contributed by atoms with van der Waals surface area (Å²) < 4.78 is 0. The average Bonchev–Trinajstić information content (AvgIpc) is 2.19. The van der Waals surface area contributed by atoms with Crippen LogP contribution in [0.25, 0.3) is 0 Å². The van der Waals surface area contributed by atoms with Crippen molar-refractivity contribution in [2.24, 2.45) is 5.92 Å². The first-order valence-corrected chi connectivity index (χ1v) is 5.87. The Balaban J connectivity index is 2.52. The van der Waals surface area contributed by atoms with Crippen molar-refractivity contribution in [1.29, 1.82) is 0 Å². The first kappa shape index (κ1) is 11.2. The van der Waals surface area contributed by atoms with Crippen molar-refractivity contribution in [3.05, 3.63) is 28.8 Å². The molecule has 0 saturated carbocycles. The van der Waals surface area contributed by atoms with E-state index in [1.165, 1.54) is 16.7 Å². The fourth-order valence-corrected chi connectivity index (χ4v) is 2.42. The lowest BCUT2D eigenvalue weighted by Gasteiger charge is -2.33. The SMILES string of the molecule is CC(=O)N1CC(C)Cc2cc(C)c(C)cc21. The molecule has 1 heterocycles. The Labute approximate surface area is 97.3 Å². The minimum absolute atomic E-state index is 0.149. The Morgan fingerprint density at radius 3 is 2.56 bits per heavy atom. The highest BCUT2D eigenvalue weighted by molar-refractivity contribution is 5.93. The number of anilines is 1. The minimum Gasteiger partial charge on any atom is -0.312 e. The normalized spacial score (nSPS) is 19.5. The lowest BCUT2D eigenvalue weighted by Crippen LogP contribution is -2.37. The topological polar surface area (TPSA) is 20.3 Å². The van der Waals surface area contributed by atoms with E-state index in [0.717, 1.165) is 18.7 Å². The van der Waals surface area contributed by atoms with Crippen LogP contribution in [-0.2, 0) is 11.2 Å². The summed E-state index contributed by atoms with van der Waals surface area (Å²) in [5.41, 5.74) is 5.02. The van der Waals surface area contributed by atoms with Gasteiger partial charge in [0.1, 0.15) is 0 Å². The largest absolute Gasteiger partial charge is 0.312 e. The number of rotatable bonds is 0. The molecule has 1 aromatic carbocycles. The van der Waals surface area contributed by atoms with Gasteiger partial charge in [0.15, 0.2) is 0 Å². The molecule has 2 rings (SSSR count). The van der Waals surface area contributed by atoms with Crippen LogP contribution in [0, 0.1) is 19.8 Å². The maximum atomic E-state index is 11.6. The van der Waals surface area contributed by atoms with E-state index in [2.05, 4.69) is 32.9 Å². The zero-order valence-electron chi connectivity index (χ0n) is 10.5. The molecule has 1 atom stereocenters. The van der Waals surface area contributed by atoms with Crippen LogP contribution < -0.4 is 4.90 Å². The van der Waals surface area contributed by atoms with Crippen LogP contribution in [0.3, 0.4) is 0 Å². The zero-order valence-corrected chi connectivity index (χ0v) is 10.5. The fraction of sp³-hybridized carbons (Fsp3) is 0.500. The van der Waals surface area contributed by atoms with Crippen molar-refractivity contribution in [2.45, 2.75) is 34.1 Å². The molecule has 0 radical (unpaired) electrons. The van der Waals surface area contributed by atoms with E-state index in [0.29, 0.717) is 5.92 Å². The Hall–Kier alpha value is -1.31. The number of carbonyl (C=O) groups is 1. The summed E-state index contributed by atoms with van der Waals surface area (Å²) in [7, 11) is 0. The van der Waals surface area contributed by atoms with Gasteiger partial charge in [-0.25, -0.2) is 0 Å². The molecule has 2 nitrogen and oxygen atoms in total. The van der Waals surface area contributed by atoms with Crippen molar-refractivity contribution in [2.75, 3.05) is 11.4 Å². The maximum absolute atomic E-state index is 11.6. The molecule has 86 valence electrons. The molecule has 1 amide bonds. The minimum atomic E-state index is 0.149. The Morgan fingerprint density at radius 2 is 1.94 bits per heavy atom. The average molecular weight is 217 g/mol. The van der Waals surface area contributed by atoms with Crippen LogP contribution >= 0.6 is 0 Å². The molecule has 0 N–H and O–H groups in total. The molecule has 16 heavy (non-hydrogen) atoms. The first-order valence-electron chi connectivity index (χ1n) is 5.87. The number of benzene rings is 1. The second-order valence-electron chi connectivity index (χ2n) is 5.00. The van der Waals surface area contributed by atoms with Crippen LogP contribution in [-0.4, -0.2) is 12.5 Å². The number of aryl methyl sites for hydroxylation is 2. The lowest BCUT2D eigenvalue weighted by molar-refractivity contribution is -0.116. The van der Waals surface area contributed by atoms with Crippen molar-refractivity contribution in [1.82, 2.24) is 0 Å². The monoisotopic (exact) mass is 217 g/mol. The zero-order chi connectivity index (χ0) is 11.9. The van der Waals surface area contributed by atoms with E-state index in [4.69, 9.17) is 0 Å². The maximum Gasteiger partial charge on any atom is 0.223 e. The van der Waals surface area contributed by atoms with Crippen LogP contribution in [0.4, 0.5) is 5.69 Å². The van der Waals surface area contributed by atoms with E-state index >= 15 is 0 Å². The molecule has 1 aliphatic rings. The number of hydrogen-bond acceptors (Lipinski definition) is 1. The molecule has 0 fully saturated rings. The number of fused-ring (bicyclic) bond motifs is 1. The highest BCUT2D eigenvalue weighted by Gasteiger charge is 2.24. The smallest absolute Gasteiger partial charge is 0.223 e. The summed E-state index contributed by atoms with van der Waals surface area (Å²) in [4.78, 5) is 13.5. The summed E-state index contributed by atoms with van der Waals surface area (Å²) in [6.07, 6.45) is 1.08. The summed E-state index contributed by atoms with van der Waals surface area (Å²) in [6.45, 7) is 8.94. The first-order chi connectivity index (χ1) is 7.49. The van der Waals surface area contributed by atoms with E-state index in [1.54, 1.807) is 6.92 Å². The number of amides is 1. The highest BCUT2D eigenvalue weighted by atomic mass is 16.2. The summed E-state index contributed by atoms with van der Waals surface area (Å²) >= 11 is 0. The van der Waals surface area contributed by atoms with Gasteiger partial charge in [0, 0.05) is 19.2 Å². The van der Waals surface area contributed by atoms with Gasteiger partial charge in [0.2, 0.25) is 5.91 Å². The van der Waals surface area contributed by atoms with Gasteiger partial charge >= 0.3 is 0 Å². The molecular formula is C14H19NO. The number of hydrogen-bond donors (Lipinski definition) is 0. The second kappa shape index (κ2) is 3.93. The molecule has 1 aromatic rings. The molecular weight excluding hydrogens is 198 g/mol. The molecule has 0 aliphatic carbocycles. The van der Waals surface area contributed by atoms with Gasteiger partial charge in [-0.1, -0.05) is 13.0 Å². The van der Waals surface area contributed by atoms with Gasteiger partial charge in [-0.05, 0) is 48.9 Å². The number of carbonyl (C=O) groups excluding carboxylic acids is 1. The van der Waals surface area contributed by atoms with Crippen molar-refractivity contribution < 1.29 is 4.79 Å². The van der Waals surface area contributed by atoms with E-state index in [1.807, 2.05) is 4.90 Å². The molecule has 0 aromatic heterocycles. The highest BCUT2D eigenvalue weighted by Crippen LogP contribution is 2.32. The fourth-order valence-electron chi connectivity index (χ4n) is 2.42. The second-order valence-corrected chi connectivity index (χ2v) is 5.00. The quantitative estimate of drug-likeness (QED) is 0.654. The molecule has 0 saturated heterocycles. The summed E-state index contributed by atoms with van der Waals surface area (Å²) in [6, 6.07) is 4.38. The number of nitrogens with zero attached hydrogens (tertiary/aromatic N) is 1. The van der Waals surface area contributed by atoms with Crippen LogP contribution in [0.1, 0.15) is 30.5 Å². The Bertz CT molecular complexity index is 437. The van der Waals surface area contributed by atoms with Gasteiger partial charge in [-0.3, -0.25) is 4.79 Å². The van der Waals surface area contributed by atoms with Crippen LogP contribution in [0.5, 0.6) is 0 Å². The van der Waals surface area contributed by atoms with Crippen LogP contribution in [0.2, 0.25) is 0 Å². The van der Waals surface area contributed by atoms with Gasteiger partial charge in [-0.15, -0.1) is 0 Å². The standard InChI is InChI=1S/C14H19NO/c1-9-5-13-6-10(2)11(3)7-14(13)15(8-9)12(4)16/h6-7,9H,5,8H2,1-4H3. The summed E-state index contributed by atoms with van der Waals surface area (Å²) in [5, 5.41) is 0. The van der Waals surface area contributed by atoms with Crippen LogP contribution in [0.15, 0.2) is 12.1 Å². The third-order valence-corrected chi connectivity index (χ3v) is 3.43. The molecule has 2 heteroatoms. The Morgan fingerprint density at radius 1 is 1.31 bits per heavy atom. The predicted molar refractivity (Wildman–Crippen MR) is 66.8 cm³/mol. The lowest BCUT2D eigenvalue weighted by atomic mass is 9.91. The van der Waals surface area contributed by atoms with Crippen molar-refractivity contribution >= 4 is 11.6 Å². The van der Waals surface area contributed by atoms with Gasteiger partial charge in [0.25, 0.3) is 0 Å². The van der Waals surface area contributed by atoms with Gasteiger partial charge in [-0.2, -0.15) is 0 Å². The van der Waals surface area contributed by atoms with E-state index < -0.39 is 0 Å². The van der Waals surface area contributed by atoms with Crippen molar-refractivity contribution in [3.63, 3.8) is 0 Å². The Kier molecular flexibility index (Phi) is 2.75. The van der Waals surface area contributed by atoms with E-state index in [9.17, 15) is 4.79 Å². The molecule has 0 bridgehead atoms. The molecule has 1 aliphatic heterocycles. The third-order valence-electron chi connectivity index (χ3n) is 3.43. The summed E-state index contributed by atoms with van der Waals surface area (Å²) in [5.74, 6) is 0.703. The predicted octanol–water partition coefficient (Wildman–Crippen LogP) is 2.85.